The smallest absolute Gasteiger partial charge is 0.257 e. The van der Waals surface area contributed by atoms with E-state index < -0.39 is 0 Å². The highest BCUT2D eigenvalue weighted by Crippen LogP contribution is 2.32. The van der Waals surface area contributed by atoms with Crippen LogP contribution in [0.2, 0.25) is 0 Å². The molecule has 0 spiro atoms. The molecule has 4 rings (SSSR count). The van der Waals surface area contributed by atoms with E-state index in [0.29, 0.717) is 16.8 Å². The zero-order valence-electron chi connectivity index (χ0n) is 16.4. The third-order valence-electron chi connectivity index (χ3n) is 5.40. The number of aryl methyl sites for hydroxylation is 1. The van der Waals surface area contributed by atoms with Crippen molar-refractivity contribution in [3.63, 3.8) is 0 Å². The van der Waals surface area contributed by atoms with Crippen molar-refractivity contribution >= 4 is 22.9 Å². The van der Waals surface area contributed by atoms with E-state index in [1.54, 1.807) is 12.3 Å². The number of hydrogen-bond acceptors (Lipinski definition) is 4. The summed E-state index contributed by atoms with van der Waals surface area (Å²) in [4.78, 5) is 14.6. The monoisotopic (exact) mass is 395 g/mol. The number of hydrogen-bond donors (Lipinski definition) is 2. The van der Waals surface area contributed by atoms with Crippen LogP contribution in [0.5, 0.6) is 0 Å². The molecule has 0 radical (unpaired) electrons. The molecule has 2 aliphatic heterocycles. The maximum Gasteiger partial charge on any atom is 0.257 e. The fraction of sp³-hybridized carbons (Fsp3) is 0.348. The fourth-order valence-electron chi connectivity index (χ4n) is 3.72. The summed E-state index contributed by atoms with van der Waals surface area (Å²) < 4.78 is 18.7. The SMILES string of the molecule is O=C1Nc2cc(F)ccc2C1=CNc1ccc(CCCCN2CCOCC2)cc1. The molecule has 2 heterocycles. The van der Waals surface area contributed by atoms with Gasteiger partial charge < -0.3 is 15.4 Å². The molecule has 5 nitrogen and oxygen atoms in total. The van der Waals surface area contributed by atoms with Crippen molar-refractivity contribution in [1.82, 2.24) is 4.90 Å². The first-order valence-corrected chi connectivity index (χ1v) is 10.2. The van der Waals surface area contributed by atoms with Gasteiger partial charge in [-0.15, -0.1) is 0 Å². The molecule has 1 saturated heterocycles. The topological polar surface area (TPSA) is 53.6 Å². The van der Waals surface area contributed by atoms with Crippen molar-refractivity contribution in [3.05, 3.63) is 65.6 Å². The van der Waals surface area contributed by atoms with Gasteiger partial charge in [0, 0.05) is 30.5 Å². The lowest BCUT2D eigenvalue weighted by atomic mass is 10.1. The van der Waals surface area contributed by atoms with Gasteiger partial charge in [0.05, 0.1) is 24.5 Å². The maximum atomic E-state index is 13.3. The summed E-state index contributed by atoms with van der Waals surface area (Å²) in [5.41, 5.74) is 3.95. The Morgan fingerprint density at radius 3 is 2.69 bits per heavy atom. The highest BCUT2D eigenvalue weighted by atomic mass is 19.1. The minimum atomic E-state index is -0.362. The summed E-state index contributed by atoms with van der Waals surface area (Å²) in [5.74, 6) is -0.589. The van der Waals surface area contributed by atoms with Crippen LogP contribution in [-0.4, -0.2) is 43.7 Å². The van der Waals surface area contributed by atoms with E-state index in [1.807, 2.05) is 12.1 Å². The molecular formula is C23H26FN3O2. The van der Waals surface area contributed by atoms with E-state index in [-0.39, 0.29) is 11.7 Å². The largest absolute Gasteiger partial charge is 0.379 e. The number of anilines is 2. The first-order valence-electron chi connectivity index (χ1n) is 10.2. The summed E-state index contributed by atoms with van der Waals surface area (Å²) in [7, 11) is 0. The molecule has 2 aromatic rings. The minimum Gasteiger partial charge on any atom is -0.379 e. The Balaban J connectivity index is 1.27. The third-order valence-corrected chi connectivity index (χ3v) is 5.40. The molecule has 1 fully saturated rings. The lowest BCUT2D eigenvalue weighted by molar-refractivity contribution is -0.110. The summed E-state index contributed by atoms with van der Waals surface area (Å²) in [6.07, 6.45) is 5.10. The number of halogens is 1. The average Bonchev–Trinajstić information content (AvgIpc) is 3.05. The molecule has 0 unspecified atom stereocenters. The molecular weight excluding hydrogens is 369 g/mol. The molecule has 2 N–H and O–H groups in total. The Labute approximate surface area is 170 Å². The molecule has 0 bridgehead atoms. The first-order chi connectivity index (χ1) is 14.2. The molecule has 0 saturated carbocycles. The standard InChI is InChI=1S/C23H26FN3O2/c24-18-6-9-20-21(23(28)26-22(20)15-18)16-25-19-7-4-17(5-8-19)3-1-2-10-27-11-13-29-14-12-27/h4-9,15-16,25H,1-3,10-14H2,(H,26,28). The van der Waals surface area contributed by atoms with Gasteiger partial charge in [-0.1, -0.05) is 12.1 Å². The third kappa shape index (κ3) is 5.02. The van der Waals surface area contributed by atoms with Gasteiger partial charge in [0.15, 0.2) is 0 Å². The molecule has 2 aromatic carbocycles. The van der Waals surface area contributed by atoms with Crippen molar-refractivity contribution in [2.24, 2.45) is 0 Å². The Hall–Kier alpha value is -2.70. The lowest BCUT2D eigenvalue weighted by Crippen LogP contribution is -2.36. The summed E-state index contributed by atoms with van der Waals surface area (Å²) >= 11 is 0. The average molecular weight is 395 g/mol. The molecule has 0 aliphatic carbocycles. The van der Waals surface area contributed by atoms with E-state index in [2.05, 4.69) is 27.7 Å². The predicted octanol–water partition coefficient (Wildman–Crippen LogP) is 3.89. The van der Waals surface area contributed by atoms with Crippen LogP contribution in [0.3, 0.4) is 0 Å². The van der Waals surface area contributed by atoms with E-state index in [1.165, 1.54) is 30.5 Å². The zero-order chi connectivity index (χ0) is 20.1. The molecule has 152 valence electrons. The highest BCUT2D eigenvalue weighted by molar-refractivity contribution is 6.31. The number of morpholine rings is 1. The Morgan fingerprint density at radius 1 is 1.10 bits per heavy atom. The van der Waals surface area contributed by atoms with Crippen LogP contribution in [0, 0.1) is 5.82 Å². The molecule has 0 atom stereocenters. The Morgan fingerprint density at radius 2 is 1.90 bits per heavy atom. The molecule has 29 heavy (non-hydrogen) atoms. The first kappa shape index (κ1) is 19.6. The van der Waals surface area contributed by atoms with Crippen LogP contribution < -0.4 is 10.6 Å². The van der Waals surface area contributed by atoms with Gasteiger partial charge in [0.2, 0.25) is 0 Å². The van der Waals surface area contributed by atoms with E-state index >= 15 is 0 Å². The van der Waals surface area contributed by atoms with Crippen molar-refractivity contribution in [1.29, 1.82) is 0 Å². The second kappa shape index (κ2) is 9.20. The number of fused-ring (bicyclic) bond motifs is 1. The second-order valence-corrected chi connectivity index (χ2v) is 7.45. The quantitative estimate of drug-likeness (QED) is 0.552. The zero-order valence-corrected chi connectivity index (χ0v) is 16.4. The van der Waals surface area contributed by atoms with Gasteiger partial charge in [-0.25, -0.2) is 4.39 Å². The molecule has 6 heteroatoms. The van der Waals surface area contributed by atoms with Gasteiger partial charge >= 0.3 is 0 Å². The summed E-state index contributed by atoms with van der Waals surface area (Å²) in [5, 5.41) is 5.86. The van der Waals surface area contributed by atoms with Crippen LogP contribution in [0.25, 0.3) is 5.57 Å². The second-order valence-electron chi connectivity index (χ2n) is 7.45. The predicted molar refractivity (Wildman–Crippen MR) is 113 cm³/mol. The van der Waals surface area contributed by atoms with E-state index in [9.17, 15) is 9.18 Å². The number of rotatable bonds is 7. The fourth-order valence-corrected chi connectivity index (χ4v) is 3.72. The molecule has 0 aromatic heterocycles. The Kier molecular flexibility index (Phi) is 6.22. The summed E-state index contributed by atoms with van der Waals surface area (Å²) in [6, 6.07) is 12.6. The van der Waals surface area contributed by atoms with Crippen molar-refractivity contribution < 1.29 is 13.9 Å². The van der Waals surface area contributed by atoms with Gasteiger partial charge in [0.1, 0.15) is 5.82 Å². The van der Waals surface area contributed by atoms with Crippen LogP contribution in [0.15, 0.2) is 48.7 Å². The summed E-state index contributed by atoms with van der Waals surface area (Å²) in [6.45, 7) is 4.95. The van der Waals surface area contributed by atoms with Crippen molar-refractivity contribution in [3.8, 4) is 0 Å². The number of unbranched alkanes of at least 4 members (excludes halogenated alkanes) is 1. The number of ether oxygens (including phenoxy) is 1. The van der Waals surface area contributed by atoms with Crippen LogP contribution in [0.1, 0.15) is 24.0 Å². The van der Waals surface area contributed by atoms with E-state index in [4.69, 9.17) is 4.74 Å². The lowest BCUT2D eigenvalue weighted by Gasteiger charge is -2.26. The van der Waals surface area contributed by atoms with Gasteiger partial charge in [-0.3, -0.25) is 9.69 Å². The Bertz CT molecular complexity index is 889. The molecule has 2 aliphatic rings. The number of nitrogens with zero attached hydrogens (tertiary/aromatic N) is 1. The van der Waals surface area contributed by atoms with Crippen molar-refractivity contribution in [2.75, 3.05) is 43.5 Å². The number of nitrogens with one attached hydrogen (secondary N) is 2. The van der Waals surface area contributed by atoms with Crippen LogP contribution >= 0.6 is 0 Å². The van der Waals surface area contributed by atoms with E-state index in [0.717, 1.165) is 45.0 Å². The normalized spacial score (nSPS) is 18.0. The number of amides is 1. The van der Waals surface area contributed by atoms with Crippen molar-refractivity contribution in [2.45, 2.75) is 19.3 Å². The minimum absolute atomic E-state index is 0.227. The van der Waals surface area contributed by atoms with Gasteiger partial charge in [-0.05, 0) is 61.7 Å². The van der Waals surface area contributed by atoms with Gasteiger partial charge in [-0.2, -0.15) is 0 Å². The molecule has 1 amide bonds. The van der Waals surface area contributed by atoms with Crippen LogP contribution in [-0.2, 0) is 16.0 Å². The van der Waals surface area contributed by atoms with Crippen LogP contribution in [0.4, 0.5) is 15.8 Å². The number of benzene rings is 2. The highest BCUT2D eigenvalue weighted by Gasteiger charge is 2.24. The maximum absolute atomic E-state index is 13.3. The number of carbonyl (C=O) groups excluding carboxylic acids is 1. The number of carbonyl (C=O) groups is 1. The van der Waals surface area contributed by atoms with Gasteiger partial charge in [0.25, 0.3) is 5.91 Å².